The number of quaternary nitrogens is 1. The van der Waals surface area contributed by atoms with E-state index < -0.39 is 0 Å². The number of hydrogen-bond donors (Lipinski definition) is 1. The summed E-state index contributed by atoms with van der Waals surface area (Å²) in [5.74, 6) is 0. The van der Waals surface area contributed by atoms with E-state index in [1.165, 1.54) is 31.5 Å². The monoisotopic (exact) mass is 353 g/mol. The fourth-order valence-corrected chi connectivity index (χ4v) is 3.67. The zero-order valence-corrected chi connectivity index (χ0v) is 15.6. The molecule has 1 amide bonds. The molecular formula is C22H29N2O2+. The van der Waals surface area contributed by atoms with Crippen LogP contribution in [-0.4, -0.2) is 37.7 Å². The molecule has 1 saturated heterocycles. The van der Waals surface area contributed by atoms with Gasteiger partial charge in [0.25, 0.3) is 0 Å². The third-order valence-electron chi connectivity index (χ3n) is 5.23. The Hall–Kier alpha value is -2.33. The van der Waals surface area contributed by atoms with Crippen molar-refractivity contribution in [2.75, 3.05) is 26.7 Å². The van der Waals surface area contributed by atoms with Gasteiger partial charge in [-0.05, 0) is 11.1 Å². The molecule has 138 valence electrons. The van der Waals surface area contributed by atoms with Crippen LogP contribution in [0.1, 0.15) is 36.4 Å². The maximum atomic E-state index is 12.6. The first-order valence-electron chi connectivity index (χ1n) is 9.56. The molecule has 1 heterocycles. The largest absolute Gasteiger partial charge is 0.445 e. The van der Waals surface area contributed by atoms with Crippen LogP contribution in [0.2, 0.25) is 0 Å². The summed E-state index contributed by atoms with van der Waals surface area (Å²) >= 11 is 0. The molecule has 1 fully saturated rings. The number of hydrogen-bond acceptors (Lipinski definition) is 2. The van der Waals surface area contributed by atoms with Crippen molar-refractivity contribution in [3.05, 3.63) is 71.8 Å². The molecule has 1 aliphatic rings. The van der Waals surface area contributed by atoms with Gasteiger partial charge in [-0.3, -0.25) is 0 Å². The summed E-state index contributed by atoms with van der Waals surface area (Å²) in [5, 5.41) is 0. The summed E-state index contributed by atoms with van der Waals surface area (Å²) in [6.45, 7) is 3.91. The SMILES string of the molecule is CN(C(=O)OCc1ccccc1)[C@@H](CC[NH+]1CCCC1)c1ccccc1. The van der Waals surface area contributed by atoms with Crippen molar-refractivity contribution in [1.82, 2.24) is 4.90 Å². The van der Waals surface area contributed by atoms with E-state index in [-0.39, 0.29) is 12.1 Å². The van der Waals surface area contributed by atoms with E-state index in [0.717, 1.165) is 18.5 Å². The predicted octanol–water partition coefficient (Wildman–Crippen LogP) is 3.07. The van der Waals surface area contributed by atoms with Gasteiger partial charge < -0.3 is 14.5 Å². The first kappa shape index (κ1) is 18.5. The van der Waals surface area contributed by atoms with E-state index in [0.29, 0.717) is 6.61 Å². The maximum absolute atomic E-state index is 12.6. The van der Waals surface area contributed by atoms with Gasteiger partial charge in [-0.25, -0.2) is 4.79 Å². The Morgan fingerprint density at radius 1 is 1.04 bits per heavy atom. The van der Waals surface area contributed by atoms with Crippen LogP contribution in [0.4, 0.5) is 4.79 Å². The zero-order valence-electron chi connectivity index (χ0n) is 15.6. The van der Waals surface area contributed by atoms with Crippen molar-refractivity contribution in [1.29, 1.82) is 0 Å². The highest BCUT2D eigenvalue weighted by Crippen LogP contribution is 2.23. The van der Waals surface area contributed by atoms with E-state index >= 15 is 0 Å². The first-order chi connectivity index (χ1) is 12.7. The molecule has 3 rings (SSSR count). The van der Waals surface area contributed by atoms with Gasteiger partial charge in [0.15, 0.2) is 0 Å². The number of amides is 1. The number of rotatable bonds is 7. The zero-order chi connectivity index (χ0) is 18.2. The maximum Gasteiger partial charge on any atom is 0.410 e. The molecule has 0 unspecified atom stereocenters. The Kier molecular flexibility index (Phi) is 6.67. The molecule has 1 aliphatic heterocycles. The van der Waals surface area contributed by atoms with Crippen LogP contribution in [0.3, 0.4) is 0 Å². The third-order valence-corrected chi connectivity index (χ3v) is 5.23. The summed E-state index contributed by atoms with van der Waals surface area (Å²) in [7, 11) is 1.85. The van der Waals surface area contributed by atoms with E-state index in [1.54, 1.807) is 9.80 Å². The topological polar surface area (TPSA) is 34.0 Å². The molecule has 0 aromatic heterocycles. The van der Waals surface area contributed by atoms with Crippen LogP contribution in [0.15, 0.2) is 60.7 Å². The van der Waals surface area contributed by atoms with Gasteiger partial charge in [-0.2, -0.15) is 0 Å². The van der Waals surface area contributed by atoms with Gasteiger partial charge >= 0.3 is 6.09 Å². The summed E-state index contributed by atoms with van der Waals surface area (Å²) in [4.78, 5) is 16.0. The van der Waals surface area contributed by atoms with Gasteiger partial charge in [0.2, 0.25) is 0 Å². The Labute approximate surface area is 156 Å². The molecule has 26 heavy (non-hydrogen) atoms. The number of likely N-dealkylation sites (tertiary alicyclic amines) is 1. The Morgan fingerprint density at radius 3 is 2.31 bits per heavy atom. The van der Waals surface area contributed by atoms with Crippen molar-refractivity contribution in [2.45, 2.75) is 31.9 Å². The van der Waals surface area contributed by atoms with E-state index in [9.17, 15) is 4.79 Å². The highest BCUT2D eigenvalue weighted by Gasteiger charge is 2.25. The minimum Gasteiger partial charge on any atom is -0.445 e. The quantitative estimate of drug-likeness (QED) is 0.830. The van der Waals surface area contributed by atoms with E-state index in [4.69, 9.17) is 4.74 Å². The molecule has 4 nitrogen and oxygen atoms in total. The number of carbonyl (C=O) groups excluding carboxylic acids is 1. The summed E-state index contributed by atoms with van der Waals surface area (Å²) < 4.78 is 5.54. The van der Waals surface area contributed by atoms with Crippen molar-refractivity contribution in [3.8, 4) is 0 Å². The highest BCUT2D eigenvalue weighted by molar-refractivity contribution is 5.68. The first-order valence-corrected chi connectivity index (χ1v) is 9.56. The number of nitrogens with zero attached hydrogens (tertiary/aromatic N) is 1. The fraction of sp³-hybridized carbons (Fsp3) is 0.409. The smallest absolute Gasteiger partial charge is 0.410 e. The molecule has 0 bridgehead atoms. The van der Waals surface area contributed by atoms with Gasteiger partial charge in [-0.1, -0.05) is 60.7 Å². The van der Waals surface area contributed by atoms with Gasteiger partial charge in [0.05, 0.1) is 25.7 Å². The number of nitrogens with one attached hydrogen (secondary N) is 1. The van der Waals surface area contributed by atoms with Crippen LogP contribution in [-0.2, 0) is 11.3 Å². The van der Waals surface area contributed by atoms with E-state index in [1.807, 2.05) is 55.6 Å². The molecular weight excluding hydrogens is 324 g/mol. The van der Waals surface area contributed by atoms with Gasteiger partial charge in [0, 0.05) is 26.3 Å². The Bertz CT molecular complexity index is 669. The van der Waals surface area contributed by atoms with Crippen LogP contribution in [0, 0.1) is 0 Å². The molecule has 0 radical (unpaired) electrons. The van der Waals surface area contributed by atoms with E-state index in [2.05, 4.69) is 12.1 Å². The van der Waals surface area contributed by atoms with Crippen LogP contribution in [0.5, 0.6) is 0 Å². The lowest BCUT2D eigenvalue weighted by atomic mass is 10.0. The van der Waals surface area contributed by atoms with Crippen molar-refractivity contribution < 1.29 is 14.4 Å². The third kappa shape index (κ3) is 5.09. The molecule has 0 saturated carbocycles. The molecule has 1 N–H and O–H groups in total. The van der Waals surface area contributed by atoms with Crippen LogP contribution < -0.4 is 4.90 Å². The lowest BCUT2D eigenvalue weighted by Gasteiger charge is -2.28. The summed E-state index contributed by atoms with van der Waals surface area (Å²) in [6, 6.07) is 20.2. The molecule has 1 atom stereocenters. The standard InChI is InChI=1S/C22H28N2O2/c1-23(22(25)26-18-19-10-4-2-5-11-19)21(20-12-6-3-7-13-20)14-17-24-15-8-9-16-24/h2-7,10-13,21H,8-9,14-18H2,1H3/p+1/t21-/m0/s1. The average molecular weight is 353 g/mol. The van der Waals surface area contributed by atoms with Gasteiger partial charge in [0.1, 0.15) is 6.61 Å². The van der Waals surface area contributed by atoms with Crippen LogP contribution in [0.25, 0.3) is 0 Å². The second-order valence-electron chi connectivity index (χ2n) is 7.07. The van der Waals surface area contributed by atoms with Crippen LogP contribution >= 0.6 is 0 Å². The van der Waals surface area contributed by atoms with Crippen molar-refractivity contribution >= 4 is 6.09 Å². The fourth-order valence-electron chi connectivity index (χ4n) is 3.67. The molecule has 2 aromatic carbocycles. The Balaban J connectivity index is 1.63. The number of benzene rings is 2. The predicted molar refractivity (Wildman–Crippen MR) is 103 cm³/mol. The Morgan fingerprint density at radius 2 is 1.65 bits per heavy atom. The second kappa shape index (κ2) is 9.39. The average Bonchev–Trinajstić information content (AvgIpc) is 3.21. The molecule has 0 spiro atoms. The van der Waals surface area contributed by atoms with Gasteiger partial charge in [-0.15, -0.1) is 0 Å². The number of carbonyl (C=O) groups is 1. The lowest BCUT2D eigenvalue weighted by Crippen LogP contribution is -3.10. The molecule has 4 heteroatoms. The minimum atomic E-state index is -0.265. The second-order valence-corrected chi connectivity index (χ2v) is 7.07. The molecule has 2 aromatic rings. The normalized spacial score (nSPS) is 15.6. The number of ether oxygens (including phenoxy) is 1. The summed E-state index contributed by atoms with van der Waals surface area (Å²) in [5.41, 5.74) is 2.18. The lowest BCUT2D eigenvalue weighted by molar-refractivity contribution is -0.887. The van der Waals surface area contributed by atoms with Crippen molar-refractivity contribution in [3.63, 3.8) is 0 Å². The summed E-state index contributed by atoms with van der Waals surface area (Å²) in [6.07, 6.45) is 3.33. The highest BCUT2D eigenvalue weighted by atomic mass is 16.6. The van der Waals surface area contributed by atoms with Crippen molar-refractivity contribution in [2.24, 2.45) is 0 Å². The minimum absolute atomic E-state index is 0.0487. The molecule has 0 aliphatic carbocycles.